The first kappa shape index (κ1) is 20.3. The molecule has 96 valence electrons. The van der Waals surface area contributed by atoms with Crippen LogP contribution >= 0.6 is 0 Å². The Hall–Kier alpha value is -0.120. The van der Waals surface area contributed by atoms with Gasteiger partial charge in [-0.2, -0.15) is 0 Å². The van der Waals surface area contributed by atoms with Crippen LogP contribution in [0.25, 0.3) is 0 Å². The molecule has 0 heterocycles. The van der Waals surface area contributed by atoms with Gasteiger partial charge in [-0.05, 0) is 26.6 Å². The summed E-state index contributed by atoms with van der Waals surface area (Å²) in [4.78, 5) is 2.31. The topological polar surface area (TPSA) is 32.7 Å². The van der Waals surface area contributed by atoms with Crippen LogP contribution in [0.4, 0.5) is 0 Å². The van der Waals surface area contributed by atoms with Crippen LogP contribution in [-0.2, 0) is 4.74 Å². The van der Waals surface area contributed by atoms with Gasteiger partial charge >= 0.3 is 0 Å². The maximum Gasteiger partial charge on any atom is 0.0693 e. The van der Waals surface area contributed by atoms with Crippen molar-refractivity contribution in [3.8, 4) is 0 Å². The molecule has 1 N–H and O–H groups in total. The Morgan fingerprint density at radius 1 is 1.13 bits per heavy atom. The quantitative estimate of drug-likeness (QED) is 0.774. The van der Waals surface area contributed by atoms with Crippen LogP contribution < -0.4 is 0 Å². The second-order valence-corrected chi connectivity index (χ2v) is 3.32. The number of hydrogen-bond donors (Lipinski definition) is 1. The predicted molar refractivity (Wildman–Crippen MR) is 68.4 cm³/mol. The zero-order valence-corrected chi connectivity index (χ0v) is 11.5. The molecular weight excluding hydrogens is 190 g/mol. The van der Waals surface area contributed by atoms with E-state index >= 15 is 0 Å². The third kappa shape index (κ3) is 41.4. The summed E-state index contributed by atoms with van der Waals surface area (Å²) in [7, 11) is 3.69. The van der Waals surface area contributed by atoms with Gasteiger partial charge in [0.05, 0.1) is 13.2 Å². The number of methoxy groups -OCH3 is 1. The summed E-state index contributed by atoms with van der Waals surface area (Å²) in [6, 6.07) is 0. The highest BCUT2D eigenvalue weighted by atomic mass is 16.5. The molecule has 0 unspecified atom stereocenters. The second-order valence-electron chi connectivity index (χ2n) is 3.32. The number of aliphatic hydroxyl groups is 1. The molecule has 0 bridgehead atoms. The van der Waals surface area contributed by atoms with Crippen LogP contribution in [0.3, 0.4) is 0 Å². The Morgan fingerprint density at radius 2 is 1.60 bits per heavy atom. The van der Waals surface area contributed by atoms with Gasteiger partial charge < -0.3 is 14.7 Å². The summed E-state index contributed by atoms with van der Waals surface area (Å²) in [5, 5.41) is 7.94. The predicted octanol–water partition coefficient (Wildman–Crippen LogP) is 2.39. The summed E-state index contributed by atoms with van der Waals surface area (Å²) in [5.74, 6) is 0. The fraction of sp³-hybridized carbons (Fsp3) is 1.00. The molecule has 0 aromatic rings. The van der Waals surface area contributed by atoms with Crippen molar-refractivity contribution in [3.05, 3.63) is 0 Å². The number of nitrogens with zero attached hydrogens (tertiary/aromatic N) is 1. The standard InChI is InChI=1S/C6H15N.C3H8O2.C3H8/c1-4-6-7(3)5-2;1-5-3-2-4;1-3-2/h4-6H2,1-3H3;4H,2-3H2,1H3;3H2,1-2H3. The van der Waals surface area contributed by atoms with E-state index in [1.165, 1.54) is 25.9 Å². The lowest BCUT2D eigenvalue weighted by atomic mass is 10.4. The van der Waals surface area contributed by atoms with Crippen molar-refractivity contribution in [1.29, 1.82) is 0 Å². The lowest BCUT2D eigenvalue weighted by Crippen LogP contribution is -2.17. The van der Waals surface area contributed by atoms with Crippen molar-refractivity contribution in [2.75, 3.05) is 40.5 Å². The molecule has 3 heteroatoms. The Labute approximate surface area is 96.4 Å². The van der Waals surface area contributed by atoms with E-state index in [9.17, 15) is 0 Å². The van der Waals surface area contributed by atoms with E-state index in [1.807, 2.05) is 0 Å². The smallest absolute Gasteiger partial charge is 0.0693 e. The number of hydrogen-bond acceptors (Lipinski definition) is 3. The van der Waals surface area contributed by atoms with Crippen LogP contribution in [0, 0.1) is 0 Å². The molecule has 3 nitrogen and oxygen atoms in total. The van der Waals surface area contributed by atoms with E-state index in [4.69, 9.17) is 5.11 Å². The molecule has 0 spiro atoms. The summed E-state index contributed by atoms with van der Waals surface area (Å²) < 4.78 is 4.44. The summed E-state index contributed by atoms with van der Waals surface area (Å²) in [6.07, 6.45) is 2.52. The second kappa shape index (κ2) is 23.6. The van der Waals surface area contributed by atoms with Gasteiger partial charge in [-0.25, -0.2) is 0 Å². The van der Waals surface area contributed by atoms with Crippen molar-refractivity contribution >= 4 is 0 Å². The first-order valence-electron chi connectivity index (χ1n) is 5.92. The van der Waals surface area contributed by atoms with Gasteiger partial charge in [-0.3, -0.25) is 0 Å². The molecule has 15 heavy (non-hydrogen) atoms. The Bertz CT molecular complexity index is 78.0. The zero-order valence-electron chi connectivity index (χ0n) is 11.5. The van der Waals surface area contributed by atoms with Gasteiger partial charge in [0.25, 0.3) is 0 Å². The van der Waals surface area contributed by atoms with E-state index in [1.54, 1.807) is 7.11 Å². The Balaban J connectivity index is -0.000000158. The SMILES string of the molecule is CCC.CCCN(C)CC.COCCO. The van der Waals surface area contributed by atoms with Gasteiger partial charge in [0, 0.05) is 7.11 Å². The Morgan fingerprint density at radius 3 is 1.67 bits per heavy atom. The van der Waals surface area contributed by atoms with Crippen LogP contribution in [-0.4, -0.2) is 50.5 Å². The number of ether oxygens (including phenoxy) is 1. The van der Waals surface area contributed by atoms with Crippen LogP contribution in [0.15, 0.2) is 0 Å². The molecule has 0 aliphatic rings. The van der Waals surface area contributed by atoms with Crippen molar-refractivity contribution in [3.63, 3.8) is 0 Å². The van der Waals surface area contributed by atoms with E-state index in [0.29, 0.717) is 6.61 Å². The van der Waals surface area contributed by atoms with Crippen molar-refractivity contribution in [2.24, 2.45) is 0 Å². The van der Waals surface area contributed by atoms with Crippen molar-refractivity contribution in [2.45, 2.75) is 40.5 Å². The fourth-order valence-corrected chi connectivity index (χ4v) is 0.631. The molecule has 0 saturated carbocycles. The highest BCUT2D eigenvalue weighted by molar-refractivity contribution is 4.41. The van der Waals surface area contributed by atoms with E-state index < -0.39 is 0 Å². The Kier molecular flexibility index (Phi) is 31.9. The maximum absolute atomic E-state index is 7.94. The molecule has 0 aliphatic heterocycles. The molecule has 0 radical (unpaired) electrons. The minimum Gasteiger partial charge on any atom is -0.394 e. The molecule has 0 saturated heterocycles. The van der Waals surface area contributed by atoms with Crippen molar-refractivity contribution in [1.82, 2.24) is 4.90 Å². The van der Waals surface area contributed by atoms with E-state index in [0.717, 1.165) is 0 Å². The number of rotatable bonds is 5. The molecule has 0 atom stereocenters. The fourth-order valence-electron chi connectivity index (χ4n) is 0.631. The minimum atomic E-state index is 0.122. The summed E-state index contributed by atoms with van der Waals surface area (Å²) in [6.45, 7) is 11.6. The maximum atomic E-state index is 7.94. The molecule has 0 amide bonds. The average Bonchev–Trinajstić information content (AvgIpc) is 2.21. The highest BCUT2D eigenvalue weighted by Gasteiger charge is 1.86. The summed E-state index contributed by atoms with van der Waals surface area (Å²) in [5.41, 5.74) is 0. The molecule has 0 rings (SSSR count). The molecule has 0 fully saturated rings. The molecule has 0 aliphatic carbocycles. The normalized spacial score (nSPS) is 8.80. The average molecular weight is 221 g/mol. The lowest BCUT2D eigenvalue weighted by Gasteiger charge is -2.10. The largest absolute Gasteiger partial charge is 0.394 e. The van der Waals surface area contributed by atoms with E-state index in [-0.39, 0.29) is 6.61 Å². The first-order chi connectivity index (χ1) is 7.14. The number of aliphatic hydroxyl groups excluding tert-OH is 1. The van der Waals surface area contributed by atoms with Gasteiger partial charge in [-0.15, -0.1) is 0 Å². The van der Waals surface area contributed by atoms with Gasteiger partial charge in [0.1, 0.15) is 0 Å². The van der Waals surface area contributed by atoms with Gasteiger partial charge in [0.2, 0.25) is 0 Å². The van der Waals surface area contributed by atoms with Crippen LogP contribution in [0.5, 0.6) is 0 Å². The van der Waals surface area contributed by atoms with Crippen molar-refractivity contribution < 1.29 is 9.84 Å². The van der Waals surface area contributed by atoms with Gasteiger partial charge in [0.15, 0.2) is 0 Å². The van der Waals surface area contributed by atoms with E-state index in [2.05, 4.69) is 44.4 Å². The van der Waals surface area contributed by atoms with Gasteiger partial charge in [-0.1, -0.05) is 34.1 Å². The molecule has 0 aromatic heterocycles. The third-order valence-corrected chi connectivity index (χ3v) is 1.44. The summed E-state index contributed by atoms with van der Waals surface area (Å²) >= 11 is 0. The van der Waals surface area contributed by atoms with Crippen LogP contribution in [0.2, 0.25) is 0 Å². The minimum absolute atomic E-state index is 0.122. The van der Waals surface area contributed by atoms with Crippen LogP contribution in [0.1, 0.15) is 40.5 Å². The third-order valence-electron chi connectivity index (χ3n) is 1.44. The molecular formula is C12H31NO2. The lowest BCUT2D eigenvalue weighted by molar-refractivity contribution is 0.135. The highest BCUT2D eigenvalue weighted by Crippen LogP contribution is 1.82. The molecule has 0 aromatic carbocycles. The zero-order chi connectivity index (χ0) is 12.5. The first-order valence-corrected chi connectivity index (χ1v) is 5.92. The monoisotopic (exact) mass is 221 g/mol.